The number of hydrogen-bond donors (Lipinski definition) is 0. The number of carbonyl (C=O) groups excluding carboxylic acids is 3. The molecule has 3 aromatic rings. The fraction of sp³-hybridized carbons (Fsp3) is 0.250. The first-order valence-electron chi connectivity index (χ1n) is 11.5. The number of rotatable bonds is 10. The molecule has 0 aliphatic heterocycles. The van der Waals surface area contributed by atoms with Crippen LogP contribution in [0.5, 0.6) is 5.75 Å². The average molecular weight is 477 g/mol. The van der Waals surface area contributed by atoms with Gasteiger partial charge in [0, 0.05) is 16.3 Å². The molecule has 35 heavy (non-hydrogen) atoms. The van der Waals surface area contributed by atoms with Gasteiger partial charge in [-0.05, 0) is 50.1 Å². The van der Waals surface area contributed by atoms with Crippen molar-refractivity contribution in [2.24, 2.45) is 0 Å². The fourth-order valence-electron chi connectivity index (χ4n) is 3.63. The molecule has 0 amide bonds. The zero-order valence-corrected chi connectivity index (χ0v) is 20.0. The summed E-state index contributed by atoms with van der Waals surface area (Å²) in [4.78, 5) is 37.0. The molecule has 0 heterocycles. The largest absolute Gasteiger partial charge is 0.466 e. The molecule has 0 atom stereocenters. The molecule has 0 aromatic heterocycles. The molecule has 7 nitrogen and oxygen atoms in total. The van der Waals surface area contributed by atoms with Gasteiger partial charge in [0.15, 0.2) is 0 Å². The number of esters is 3. The van der Waals surface area contributed by atoms with Crippen LogP contribution in [0.15, 0.2) is 66.9 Å². The predicted octanol–water partition coefficient (Wildman–Crippen LogP) is 5.24. The maximum absolute atomic E-state index is 12.9. The van der Waals surface area contributed by atoms with Crippen LogP contribution in [0.4, 0.5) is 0 Å². The maximum Gasteiger partial charge on any atom is 0.338 e. The third-order valence-electron chi connectivity index (χ3n) is 5.08. The molecule has 182 valence electrons. The number of hydrogen-bond acceptors (Lipinski definition) is 7. The highest BCUT2D eigenvalue weighted by Gasteiger charge is 2.21. The van der Waals surface area contributed by atoms with Gasteiger partial charge in [-0.25, -0.2) is 9.59 Å². The Labute approximate surface area is 204 Å². The first kappa shape index (κ1) is 25.5. The third-order valence-corrected chi connectivity index (χ3v) is 5.08. The summed E-state index contributed by atoms with van der Waals surface area (Å²) in [5.41, 5.74) is 2.61. The lowest BCUT2D eigenvalue weighted by molar-refractivity contribution is -0.142. The maximum atomic E-state index is 12.9. The minimum absolute atomic E-state index is 0.126. The predicted molar refractivity (Wildman–Crippen MR) is 132 cm³/mol. The smallest absolute Gasteiger partial charge is 0.338 e. The van der Waals surface area contributed by atoms with Gasteiger partial charge in [0.2, 0.25) is 0 Å². The van der Waals surface area contributed by atoms with Gasteiger partial charge < -0.3 is 18.9 Å². The molecular weight excluding hydrogens is 448 g/mol. The number of fused-ring (bicyclic) bond motifs is 1. The zero-order chi connectivity index (χ0) is 25.2. The first-order chi connectivity index (χ1) is 17.0. The molecular formula is C28H28O7. The Morgan fingerprint density at radius 1 is 0.771 bits per heavy atom. The van der Waals surface area contributed by atoms with Crippen LogP contribution >= 0.6 is 0 Å². The molecule has 0 fully saturated rings. The summed E-state index contributed by atoms with van der Waals surface area (Å²) in [6.45, 7) is 5.80. The molecule has 0 aliphatic rings. The molecule has 0 aliphatic carbocycles. The highest BCUT2D eigenvalue weighted by Crippen LogP contribution is 2.36. The van der Waals surface area contributed by atoms with Gasteiger partial charge in [0.25, 0.3) is 0 Å². The third kappa shape index (κ3) is 6.47. The van der Waals surface area contributed by atoms with Crippen LogP contribution in [-0.4, -0.2) is 37.7 Å². The molecule has 0 N–H and O–H groups in total. The Kier molecular flexibility index (Phi) is 9.01. The Hall–Kier alpha value is -4.13. The van der Waals surface area contributed by atoms with Crippen molar-refractivity contribution in [2.75, 3.05) is 19.8 Å². The number of benzene rings is 3. The lowest BCUT2D eigenvalue weighted by atomic mass is 9.94. The van der Waals surface area contributed by atoms with E-state index in [4.69, 9.17) is 18.9 Å². The van der Waals surface area contributed by atoms with E-state index in [9.17, 15) is 14.4 Å². The van der Waals surface area contributed by atoms with E-state index >= 15 is 0 Å². The van der Waals surface area contributed by atoms with E-state index in [0.29, 0.717) is 27.6 Å². The summed E-state index contributed by atoms with van der Waals surface area (Å²) in [6, 6.07) is 16.9. The van der Waals surface area contributed by atoms with Crippen LogP contribution in [0.2, 0.25) is 0 Å². The van der Waals surface area contributed by atoms with Gasteiger partial charge in [-0.3, -0.25) is 4.79 Å². The molecule has 3 aromatic carbocycles. The summed E-state index contributed by atoms with van der Waals surface area (Å²) in [5.74, 6) is -1.21. The van der Waals surface area contributed by atoms with Crippen molar-refractivity contribution in [1.29, 1.82) is 0 Å². The van der Waals surface area contributed by atoms with Crippen molar-refractivity contribution in [2.45, 2.75) is 27.2 Å². The monoisotopic (exact) mass is 476 g/mol. The Balaban J connectivity index is 2.20. The quantitative estimate of drug-likeness (QED) is 0.171. The summed E-state index contributed by atoms with van der Waals surface area (Å²) in [7, 11) is 0. The van der Waals surface area contributed by atoms with Gasteiger partial charge in [0.05, 0.1) is 44.1 Å². The molecule has 0 unspecified atom stereocenters. The molecule has 0 spiro atoms. The molecule has 0 bridgehead atoms. The fourth-order valence-corrected chi connectivity index (χ4v) is 3.63. The van der Waals surface area contributed by atoms with Crippen LogP contribution in [-0.2, 0) is 30.2 Å². The van der Waals surface area contributed by atoms with Crippen LogP contribution in [0.1, 0.15) is 36.7 Å². The second-order valence-corrected chi connectivity index (χ2v) is 7.41. The van der Waals surface area contributed by atoms with Crippen molar-refractivity contribution in [1.82, 2.24) is 0 Å². The van der Waals surface area contributed by atoms with Crippen molar-refractivity contribution in [3.05, 3.63) is 78.1 Å². The highest BCUT2D eigenvalue weighted by atomic mass is 16.5. The van der Waals surface area contributed by atoms with Gasteiger partial charge >= 0.3 is 17.9 Å². The summed E-state index contributed by atoms with van der Waals surface area (Å²) < 4.78 is 21.1. The normalized spacial score (nSPS) is 10.8. The number of ether oxygens (including phenoxy) is 4. The van der Waals surface area contributed by atoms with E-state index in [-0.39, 0.29) is 26.2 Å². The Bertz CT molecular complexity index is 1230. The number of carbonyl (C=O) groups is 3. The van der Waals surface area contributed by atoms with Crippen molar-refractivity contribution in [3.63, 3.8) is 0 Å². The van der Waals surface area contributed by atoms with Crippen LogP contribution < -0.4 is 4.74 Å². The van der Waals surface area contributed by atoms with E-state index in [2.05, 4.69) is 0 Å². The second kappa shape index (κ2) is 12.4. The summed E-state index contributed by atoms with van der Waals surface area (Å²) in [6.07, 6.45) is 2.23. The van der Waals surface area contributed by atoms with E-state index in [1.807, 2.05) is 48.5 Å². The Morgan fingerprint density at radius 3 is 2.17 bits per heavy atom. The SMILES string of the molecule is CCOC(=O)/C=C/Oc1c(CC(=O)OCC)cc(C(=O)OCC)c2cc(-c3ccccc3)ccc12. The molecule has 0 saturated carbocycles. The van der Waals surface area contributed by atoms with Crippen molar-refractivity contribution >= 4 is 28.7 Å². The van der Waals surface area contributed by atoms with Crippen LogP contribution in [0.25, 0.3) is 21.9 Å². The molecule has 7 heteroatoms. The molecule has 3 rings (SSSR count). The average Bonchev–Trinajstić information content (AvgIpc) is 2.85. The first-order valence-corrected chi connectivity index (χ1v) is 11.5. The zero-order valence-electron chi connectivity index (χ0n) is 20.0. The lowest BCUT2D eigenvalue weighted by Crippen LogP contribution is -2.12. The molecule has 0 saturated heterocycles. The van der Waals surface area contributed by atoms with Gasteiger partial charge in [-0.2, -0.15) is 0 Å². The lowest BCUT2D eigenvalue weighted by Gasteiger charge is -2.16. The highest BCUT2D eigenvalue weighted by molar-refractivity contribution is 6.08. The van der Waals surface area contributed by atoms with Gasteiger partial charge in [0.1, 0.15) is 5.75 Å². The Morgan fingerprint density at radius 2 is 1.49 bits per heavy atom. The van der Waals surface area contributed by atoms with Crippen LogP contribution in [0.3, 0.4) is 0 Å². The van der Waals surface area contributed by atoms with Crippen molar-refractivity contribution in [3.8, 4) is 16.9 Å². The van der Waals surface area contributed by atoms with E-state index in [1.165, 1.54) is 6.26 Å². The minimum atomic E-state index is -0.557. The van der Waals surface area contributed by atoms with E-state index < -0.39 is 17.9 Å². The second-order valence-electron chi connectivity index (χ2n) is 7.41. The van der Waals surface area contributed by atoms with Gasteiger partial charge in [-0.1, -0.05) is 36.4 Å². The van der Waals surface area contributed by atoms with Crippen molar-refractivity contribution < 1.29 is 33.3 Å². The van der Waals surface area contributed by atoms with E-state index in [0.717, 1.165) is 17.2 Å². The standard InChI is InChI=1S/C28H28O7/c1-4-32-25(29)14-15-35-27-21(18-26(30)33-5-2)17-24(28(31)34-6-3)23-16-20(12-13-22(23)27)19-10-8-7-9-11-19/h7-17H,4-6,18H2,1-3H3/b15-14+. The topological polar surface area (TPSA) is 88.1 Å². The van der Waals surface area contributed by atoms with Gasteiger partial charge in [-0.15, -0.1) is 0 Å². The minimum Gasteiger partial charge on any atom is -0.466 e. The summed E-state index contributed by atoms with van der Waals surface area (Å²) in [5, 5.41) is 1.18. The summed E-state index contributed by atoms with van der Waals surface area (Å²) >= 11 is 0. The van der Waals surface area contributed by atoms with Crippen LogP contribution in [0, 0.1) is 0 Å². The van der Waals surface area contributed by atoms with E-state index in [1.54, 1.807) is 26.8 Å². The molecule has 0 radical (unpaired) electrons.